The molecule has 2 heterocycles. The SMILES string of the molecule is O=C(Cn1cncn1)N[C@@H](c1ccc(F)cc1)[C@@H]1CCCO1. The van der Waals surface area contributed by atoms with Gasteiger partial charge in [-0.15, -0.1) is 0 Å². The summed E-state index contributed by atoms with van der Waals surface area (Å²) < 4.78 is 20.2. The summed E-state index contributed by atoms with van der Waals surface area (Å²) in [5.74, 6) is -0.487. The Morgan fingerprint density at radius 1 is 1.45 bits per heavy atom. The zero-order chi connectivity index (χ0) is 15.4. The number of ether oxygens (including phenoxy) is 1. The summed E-state index contributed by atoms with van der Waals surface area (Å²) in [6.07, 6.45) is 4.60. The molecule has 7 heteroatoms. The number of amides is 1. The van der Waals surface area contributed by atoms with Crippen LogP contribution in [0.2, 0.25) is 0 Å². The third kappa shape index (κ3) is 3.48. The normalized spacial score (nSPS) is 19.0. The molecule has 1 saturated heterocycles. The van der Waals surface area contributed by atoms with Crippen LogP contribution in [0.3, 0.4) is 0 Å². The van der Waals surface area contributed by atoms with E-state index in [1.807, 2.05) is 0 Å². The largest absolute Gasteiger partial charge is 0.376 e. The minimum Gasteiger partial charge on any atom is -0.376 e. The van der Waals surface area contributed by atoms with Crippen molar-refractivity contribution >= 4 is 5.91 Å². The number of halogens is 1. The van der Waals surface area contributed by atoms with Gasteiger partial charge in [0, 0.05) is 6.61 Å². The molecule has 0 aliphatic carbocycles. The Balaban J connectivity index is 1.73. The summed E-state index contributed by atoms with van der Waals surface area (Å²) in [7, 11) is 0. The molecule has 1 aliphatic rings. The van der Waals surface area contributed by atoms with E-state index < -0.39 is 0 Å². The first kappa shape index (κ1) is 14.6. The molecule has 2 aromatic rings. The molecule has 1 aromatic heterocycles. The Hall–Kier alpha value is -2.28. The van der Waals surface area contributed by atoms with Crippen molar-refractivity contribution in [2.24, 2.45) is 0 Å². The second-order valence-corrected chi connectivity index (χ2v) is 5.24. The Kier molecular flexibility index (Phi) is 4.43. The molecule has 1 aliphatic heterocycles. The van der Waals surface area contributed by atoms with Gasteiger partial charge in [-0.2, -0.15) is 5.10 Å². The first-order valence-corrected chi connectivity index (χ1v) is 7.21. The molecule has 1 aromatic carbocycles. The van der Waals surface area contributed by atoms with Crippen LogP contribution in [0.1, 0.15) is 24.4 Å². The summed E-state index contributed by atoms with van der Waals surface area (Å²) in [6.45, 7) is 0.770. The first-order chi connectivity index (χ1) is 10.7. The molecule has 3 rings (SSSR count). The van der Waals surface area contributed by atoms with Crippen LogP contribution in [-0.2, 0) is 16.1 Å². The van der Waals surface area contributed by atoms with E-state index >= 15 is 0 Å². The Morgan fingerprint density at radius 2 is 2.27 bits per heavy atom. The zero-order valence-electron chi connectivity index (χ0n) is 12.0. The van der Waals surface area contributed by atoms with Gasteiger partial charge in [0.25, 0.3) is 0 Å². The number of rotatable bonds is 5. The monoisotopic (exact) mass is 304 g/mol. The molecule has 0 bridgehead atoms. The van der Waals surface area contributed by atoms with Crippen molar-refractivity contribution in [2.75, 3.05) is 6.61 Å². The minimum absolute atomic E-state index is 0.0877. The Bertz CT molecular complexity index is 609. The summed E-state index contributed by atoms with van der Waals surface area (Å²) in [5.41, 5.74) is 0.834. The van der Waals surface area contributed by atoms with Gasteiger partial charge < -0.3 is 10.1 Å². The number of hydrogen-bond acceptors (Lipinski definition) is 4. The van der Waals surface area contributed by atoms with Gasteiger partial charge in [-0.05, 0) is 30.5 Å². The van der Waals surface area contributed by atoms with Gasteiger partial charge in [0.1, 0.15) is 25.0 Å². The van der Waals surface area contributed by atoms with Crippen molar-refractivity contribution < 1.29 is 13.9 Å². The fraction of sp³-hybridized carbons (Fsp3) is 0.400. The van der Waals surface area contributed by atoms with E-state index in [4.69, 9.17) is 4.74 Å². The van der Waals surface area contributed by atoms with Crippen molar-refractivity contribution in [1.82, 2.24) is 20.1 Å². The highest BCUT2D eigenvalue weighted by molar-refractivity contribution is 5.76. The maximum absolute atomic E-state index is 13.1. The van der Waals surface area contributed by atoms with Crippen LogP contribution < -0.4 is 5.32 Å². The van der Waals surface area contributed by atoms with Crippen LogP contribution in [0.4, 0.5) is 4.39 Å². The maximum Gasteiger partial charge on any atom is 0.242 e. The number of nitrogens with zero attached hydrogens (tertiary/aromatic N) is 3. The van der Waals surface area contributed by atoms with Crippen LogP contribution in [0.25, 0.3) is 0 Å². The van der Waals surface area contributed by atoms with E-state index in [0.717, 1.165) is 18.4 Å². The van der Waals surface area contributed by atoms with Crippen LogP contribution in [0, 0.1) is 5.82 Å². The van der Waals surface area contributed by atoms with Gasteiger partial charge >= 0.3 is 0 Å². The molecule has 1 fully saturated rings. The highest BCUT2D eigenvalue weighted by atomic mass is 19.1. The minimum atomic E-state index is -0.302. The highest BCUT2D eigenvalue weighted by Gasteiger charge is 2.28. The zero-order valence-corrected chi connectivity index (χ0v) is 12.0. The van der Waals surface area contributed by atoms with Gasteiger partial charge in [-0.3, -0.25) is 4.79 Å². The topological polar surface area (TPSA) is 69.0 Å². The number of benzene rings is 1. The van der Waals surface area contributed by atoms with Gasteiger partial charge in [0.05, 0.1) is 12.1 Å². The number of carbonyl (C=O) groups is 1. The van der Waals surface area contributed by atoms with E-state index in [-0.39, 0.29) is 30.4 Å². The van der Waals surface area contributed by atoms with Crippen molar-refractivity contribution in [3.63, 3.8) is 0 Å². The summed E-state index contributed by atoms with van der Waals surface area (Å²) >= 11 is 0. The van der Waals surface area contributed by atoms with E-state index in [9.17, 15) is 9.18 Å². The maximum atomic E-state index is 13.1. The summed E-state index contributed by atoms with van der Waals surface area (Å²) in [5, 5.41) is 6.87. The average Bonchev–Trinajstić information content (AvgIpc) is 3.19. The lowest BCUT2D eigenvalue weighted by Crippen LogP contribution is -2.38. The average molecular weight is 304 g/mol. The van der Waals surface area contributed by atoms with Crippen molar-refractivity contribution in [2.45, 2.75) is 31.5 Å². The Morgan fingerprint density at radius 3 is 2.91 bits per heavy atom. The molecule has 1 N–H and O–H groups in total. The van der Waals surface area contributed by atoms with Crippen LogP contribution in [0.15, 0.2) is 36.9 Å². The van der Waals surface area contributed by atoms with E-state index in [0.29, 0.717) is 6.61 Å². The van der Waals surface area contributed by atoms with Crippen LogP contribution in [-0.4, -0.2) is 33.4 Å². The van der Waals surface area contributed by atoms with Crippen molar-refractivity contribution in [3.05, 3.63) is 48.3 Å². The lowest BCUT2D eigenvalue weighted by Gasteiger charge is -2.24. The summed E-state index contributed by atoms with van der Waals surface area (Å²) in [4.78, 5) is 16.0. The van der Waals surface area contributed by atoms with Gasteiger partial charge in [0.2, 0.25) is 5.91 Å². The number of hydrogen-bond donors (Lipinski definition) is 1. The predicted octanol–water partition coefficient (Wildman–Crippen LogP) is 1.45. The molecule has 1 amide bonds. The lowest BCUT2D eigenvalue weighted by atomic mass is 9.99. The van der Waals surface area contributed by atoms with Crippen LogP contribution in [0.5, 0.6) is 0 Å². The van der Waals surface area contributed by atoms with Gasteiger partial charge in [-0.25, -0.2) is 14.1 Å². The third-order valence-electron chi connectivity index (χ3n) is 3.65. The first-order valence-electron chi connectivity index (χ1n) is 7.21. The van der Waals surface area contributed by atoms with Gasteiger partial charge in [-0.1, -0.05) is 12.1 Å². The lowest BCUT2D eigenvalue weighted by molar-refractivity contribution is -0.123. The molecule has 116 valence electrons. The smallest absolute Gasteiger partial charge is 0.242 e. The molecular formula is C15H17FN4O2. The Labute approximate surface area is 127 Å². The molecule has 0 radical (unpaired) electrons. The van der Waals surface area contributed by atoms with Crippen molar-refractivity contribution in [3.8, 4) is 0 Å². The van der Waals surface area contributed by atoms with Gasteiger partial charge in [0.15, 0.2) is 0 Å². The quantitative estimate of drug-likeness (QED) is 0.908. The molecule has 0 saturated carbocycles. The molecule has 22 heavy (non-hydrogen) atoms. The fourth-order valence-corrected chi connectivity index (χ4v) is 2.61. The standard InChI is InChI=1S/C15H17FN4O2/c16-12-5-3-11(4-6-12)15(13-2-1-7-22-13)19-14(21)8-20-10-17-9-18-20/h3-6,9-10,13,15H,1-2,7-8H2,(H,19,21)/t13-,15-/m0/s1. The number of nitrogens with one attached hydrogen (secondary N) is 1. The number of aromatic nitrogens is 3. The molecule has 0 unspecified atom stereocenters. The third-order valence-corrected chi connectivity index (χ3v) is 3.65. The summed E-state index contributed by atoms with van der Waals surface area (Å²) in [6, 6.07) is 5.84. The molecule has 0 spiro atoms. The second kappa shape index (κ2) is 6.65. The van der Waals surface area contributed by atoms with E-state index in [1.165, 1.54) is 29.5 Å². The predicted molar refractivity (Wildman–Crippen MR) is 76.3 cm³/mol. The number of carbonyl (C=O) groups excluding carboxylic acids is 1. The molecule has 2 atom stereocenters. The van der Waals surface area contributed by atoms with E-state index in [1.54, 1.807) is 12.1 Å². The molecular weight excluding hydrogens is 287 g/mol. The van der Waals surface area contributed by atoms with Crippen LogP contribution >= 0.6 is 0 Å². The van der Waals surface area contributed by atoms with E-state index in [2.05, 4.69) is 15.4 Å². The molecule has 6 nitrogen and oxygen atoms in total. The van der Waals surface area contributed by atoms with Crippen molar-refractivity contribution in [1.29, 1.82) is 0 Å². The second-order valence-electron chi connectivity index (χ2n) is 5.24. The fourth-order valence-electron chi connectivity index (χ4n) is 2.61. The highest BCUT2D eigenvalue weighted by Crippen LogP contribution is 2.27.